The molecule has 0 aromatic rings. The molecule has 0 rings (SSSR count). The maximum absolute atomic E-state index is 9.38. The van der Waals surface area contributed by atoms with Crippen LogP contribution in [0.15, 0.2) is 12.3 Å². The van der Waals surface area contributed by atoms with E-state index >= 15 is 0 Å². The van der Waals surface area contributed by atoms with Crippen molar-refractivity contribution in [3.63, 3.8) is 0 Å². The topological polar surface area (TPSA) is 37.3 Å². The molecule has 0 amide bonds. The molecule has 0 aromatic heterocycles. The van der Waals surface area contributed by atoms with Crippen LogP contribution in [0.25, 0.3) is 0 Å². The van der Waals surface area contributed by atoms with E-state index in [9.17, 15) is 4.21 Å². The van der Waals surface area contributed by atoms with Crippen molar-refractivity contribution in [2.75, 3.05) is 0 Å². The second-order valence-corrected chi connectivity index (χ2v) is 1.13. The van der Waals surface area contributed by atoms with Gasteiger partial charge >= 0.3 is 0 Å². The summed E-state index contributed by atoms with van der Waals surface area (Å²) in [6.07, 6.45) is 0. The summed E-state index contributed by atoms with van der Waals surface area (Å²) >= 11 is 0.185. The molecule has 0 spiro atoms. The van der Waals surface area contributed by atoms with E-state index in [0.29, 0.717) is 0 Å². The molecule has 0 heterocycles. The van der Waals surface area contributed by atoms with Crippen LogP contribution in [0, 0.1) is 0 Å². The van der Waals surface area contributed by atoms with E-state index in [0.717, 1.165) is 5.37 Å². The largest absolute Gasteiger partial charge is 0.508 e. The Morgan fingerprint density at radius 1 is 2.00 bits per heavy atom. The average Bonchev–Trinajstić information content (AvgIpc) is 1.35. The number of rotatable bonds is 1. The van der Waals surface area contributed by atoms with Gasteiger partial charge in [-0.15, -0.1) is 0 Å². The second kappa shape index (κ2) is 2.66. The highest BCUT2D eigenvalue weighted by atomic mass is 32.1. The van der Waals surface area contributed by atoms with Gasteiger partial charge < -0.3 is 5.11 Å². The zero-order valence-electron chi connectivity index (χ0n) is 3.05. The van der Waals surface area contributed by atoms with E-state index < -0.39 is 0 Å². The molecule has 0 fully saturated rings. The summed E-state index contributed by atoms with van der Waals surface area (Å²) in [5, 5.41) is 9.10. The van der Waals surface area contributed by atoms with Gasteiger partial charge in [0.05, 0.1) is 16.6 Å². The first-order chi connectivity index (χ1) is 2.77. The third kappa shape index (κ3) is 3.43. The molecule has 0 unspecified atom stereocenters. The van der Waals surface area contributed by atoms with Crippen molar-refractivity contribution in [3.8, 4) is 0 Å². The number of aliphatic hydroxyl groups is 1. The smallest absolute Gasteiger partial charge is 0.121 e. The summed E-state index contributed by atoms with van der Waals surface area (Å²) in [5.74, 6) is -0.185. The highest BCUT2D eigenvalue weighted by molar-refractivity contribution is 7.65. The second-order valence-electron chi connectivity index (χ2n) is 0.705. The van der Waals surface area contributed by atoms with Gasteiger partial charge in [-0.3, -0.25) is 0 Å². The third-order valence-electron chi connectivity index (χ3n) is 0.184. The summed E-state index contributed by atoms with van der Waals surface area (Å²) in [4.78, 5) is 0. The van der Waals surface area contributed by atoms with E-state index in [1.54, 1.807) is 0 Å². The van der Waals surface area contributed by atoms with Crippen LogP contribution in [0.5, 0.6) is 0 Å². The Morgan fingerprint density at radius 2 is 2.50 bits per heavy atom. The quantitative estimate of drug-likeness (QED) is 0.290. The molecule has 0 aliphatic carbocycles. The summed E-state index contributed by atoms with van der Waals surface area (Å²) in [6, 6.07) is 0. The van der Waals surface area contributed by atoms with Gasteiger partial charge in [-0.1, -0.05) is 6.58 Å². The monoisotopic (exact) mass is 104 g/mol. The summed E-state index contributed by atoms with van der Waals surface area (Å²) in [5.41, 5.74) is 0. The fraction of sp³-hybridized carbons (Fsp3) is 0. The molecule has 0 atom stereocenters. The van der Waals surface area contributed by atoms with Crippen LogP contribution in [0.1, 0.15) is 0 Å². The van der Waals surface area contributed by atoms with Crippen molar-refractivity contribution in [1.82, 2.24) is 0 Å². The molecule has 0 aromatic carbocycles. The highest BCUT2D eigenvalue weighted by Gasteiger charge is 1.68. The van der Waals surface area contributed by atoms with Gasteiger partial charge in [-0.2, -0.15) is 0 Å². The molecule has 1 N–H and O–H groups in total. The maximum atomic E-state index is 9.38. The van der Waals surface area contributed by atoms with E-state index in [1.165, 1.54) is 0 Å². The Balaban J connectivity index is 3.60. The van der Waals surface area contributed by atoms with Gasteiger partial charge in [-0.05, 0) is 0 Å². The SMILES string of the molecule is C=C(O)C=S=O. The van der Waals surface area contributed by atoms with Crippen LogP contribution >= 0.6 is 0 Å². The van der Waals surface area contributed by atoms with Crippen LogP contribution in [-0.4, -0.2) is 14.7 Å². The Labute approximate surface area is 39.2 Å². The van der Waals surface area contributed by atoms with Gasteiger partial charge in [0.2, 0.25) is 0 Å². The maximum Gasteiger partial charge on any atom is 0.121 e. The van der Waals surface area contributed by atoms with Crippen molar-refractivity contribution in [3.05, 3.63) is 12.3 Å². The van der Waals surface area contributed by atoms with E-state index in [1.807, 2.05) is 0 Å². The first kappa shape index (κ1) is 5.43. The van der Waals surface area contributed by atoms with Crippen LogP contribution in [0.3, 0.4) is 0 Å². The zero-order valence-corrected chi connectivity index (χ0v) is 3.86. The Kier molecular flexibility index (Phi) is 2.40. The lowest BCUT2D eigenvalue weighted by atomic mass is 10.7. The molecule has 0 radical (unpaired) electrons. The molecule has 0 aliphatic rings. The first-order valence-electron chi connectivity index (χ1n) is 1.27. The van der Waals surface area contributed by atoms with Crippen LogP contribution in [0.2, 0.25) is 0 Å². The number of allylic oxidation sites excluding steroid dienone is 1. The fourth-order valence-corrected chi connectivity index (χ4v) is 0.167. The van der Waals surface area contributed by atoms with Crippen molar-refractivity contribution in [2.24, 2.45) is 0 Å². The molecule has 0 bridgehead atoms. The number of aliphatic hydroxyl groups excluding tert-OH is 1. The minimum absolute atomic E-state index is 0.185. The average molecular weight is 104 g/mol. The Hall–Kier alpha value is -0.570. The number of hydrogen-bond donors (Lipinski definition) is 1. The normalized spacial score (nSPS) is 6.67. The highest BCUT2D eigenvalue weighted by Crippen LogP contribution is 1.65. The zero-order chi connectivity index (χ0) is 4.99. The lowest BCUT2D eigenvalue weighted by molar-refractivity contribution is 0.450. The van der Waals surface area contributed by atoms with Gasteiger partial charge in [0.1, 0.15) is 5.76 Å². The van der Waals surface area contributed by atoms with Crippen LogP contribution in [0.4, 0.5) is 0 Å². The third-order valence-corrected chi connectivity index (χ3v) is 0.552. The summed E-state index contributed by atoms with van der Waals surface area (Å²) < 4.78 is 9.38. The van der Waals surface area contributed by atoms with Crippen molar-refractivity contribution in [2.45, 2.75) is 0 Å². The molecule has 0 saturated carbocycles. The molecule has 0 saturated heterocycles. The standard InChI is InChI=1S/C3H4O2S/c1-3(4)2-6-5/h2,4H,1H2. The lowest BCUT2D eigenvalue weighted by Crippen LogP contribution is -1.73. The van der Waals surface area contributed by atoms with Gasteiger partial charge in [-0.25, -0.2) is 4.21 Å². The molecule has 0 aliphatic heterocycles. The Morgan fingerprint density at radius 3 is 2.50 bits per heavy atom. The minimum Gasteiger partial charge on any atom is -0.508 e. The first-order valence-corrected chi connectivity index (χ1v) is 2.07. The molecule has 3 heteroatoms. The van der Waals surface area contributed by atoms with Gasteiger partial charge in [0, 0.05) is 0 Å². The van der Waals surface area contributed by atoms with Gasteiger partial charge in [0.15, 0.2) is 0 Å². The molecule has 2 nitrogen and oxygen atoms in total. The van der Waals surface area contributed by atoms with Gasteiger partial charge in [0.25, 0.3) is 0 Å². The number of hydrogen-bond acceptors (Lipinski definition) is 2. The molecule has 6 heavy (non-hydrogen) atoms. The van der Waals surface area contributed by atoms with Crippen LogP contribution in [-0.2, 0) is 11.3 Å². The van der Waals surface area contributed by atoms with Crippen LogP contribution < -0.4 is 0 Å². The predicted octanol–water partition coefficient (Wildman–Crippen LogP) is 0.0733. The Bertz CT molecular complexity index is 101. The summed E-state index contributed by atoms with van der Waals surface area (Å²) in [7, 11) is 0. The van der Waals surface area contributed by atoms with E-state index in [-0.39, 0.29) is 17.0 Å². The van der Waals surface area contributed by atoms with E-state index in [2.05, 4.69) is 6.58 Å². The summed E-state index contributed by atoms with van der Waals surface area (Å²) in [6.45, 7) is 3.02. The molecule has 34 valence electrons. The fourth-order valence-electron chi connectivity index (χ4n) is 0.0555. The van der Waals surface area contributed by atoms with Crippen molar-refractivity contribution in [1.29, 1.82) is 0 Å². The lowest BCUT2D eigenvalue weighted by Gasteiger charge is -1.71. The van der Waals surface area contributed by atoms with Crippen molar-refractivity contribution >= 4 is 16.6 Å². The van der Waals surface area contributed by atoms with Crippen molar-refractivity contribution < 1.29 is 9.32 Å². The molecular formula is C3H4O2S. The molecular weight excluding hydrogens is 100 g/mol. The predicted molar refractivity (Wildman–Crippen MR) is 26.0 cm³/mol. The minimum atomic E-state index is -0.185. The van der Waals surface area contributed by atoms with E-state index in [4.69, 9.17) is 5.11 Å².